The summed E-state index contributed by atoms with van der Waals surface area (Å²) in [5.41, 5.74) is 4.60. The lowest BCUT2D eigenvalue weighted by atomic mass is 10.2. The maximum absolute atomic E-state index is 13.0. The first-order chi connectivity index (χ1) is 16.3. The van der Waals surface area contributed by atoms with Gasteiger partial charge in [-0.25, -0.2) is 19.9 Å². The number of nitrogens with one attached hydrogen (secondary N) is 1. The second-order valence-electron chi connectivity index (χ2n) is 7.16. The number of benzene rings is 1. The van der Waals surface area contributed by atoms with Crippen molar-refractivity contribution in [1.29, 1.82) is 0 Å². The van der Waals surface area contributed by atoms with Crippen molar-refractivity contribution < 1.29 is 40.6 Å². The third-order valence-corrected chi connectivity index (χ3v) is 4.63. The number of hydrogen-bond acceptors (Lipinski definition) is 9. The molecule has 9 nitrogen and oxygen atoms in total. The molecule has 0 saturated carbocycles. The molecule has 0 amide bonds. The Kier molecular flexibility index (Phi) is 7.38. The summed E-state index contributed by atoms with van der Waals surface area (Å²) < 4.78 is 93.0. The third kappa shape index (κ3) is 6.29. The summed E-state index contributed by atoms with van der Waals surface area (Å²) in [4.78, 5) is 15.7. The number of fused-ring (bicyclic) bond motifs is 1. The van der Waals surface area contributed by atoms with Crippen LogP contribution in [-0.2, 0) is 17.5 Å². The highest BCUT2D eigenvalue weighted by Gasteiger charge is 2.40. The van der Waals surface area contributed by atoms with Gasteiger partial charge in [-0.3, -0.25) is 0 Å². The molecule has 2 aromatic heterocycles. The third-order valence-electron chi connectivity index (χ3n) is 4.63. The summed E-state index contributed by atoms with van der Waals surface area (Å²) in [5, 5.41) is 3.11. The number of hydrogen-bond donors (Lipinski definition) is 2. The fourth-order valence-corrected chi connectivity index (χ4v) is 3.03. The van der Waals surface area contributed by atoms with Crippen molar-refractivity contribution in [3.63, 3.8) is 0 Å². The van der Waals surface area contributed by atoms with Crippen LogP contribution < -0.4 is 20.5 Å². The molecule has 2 heterocycles. The van der Waals surface area contributed by atoms with Gasteiger partial charge in [0, 0.05) is 24.6 Å². The van der Waals surface area contributed by atoms with Gasteiger partial charge < -0.3 is 25.3 Å². The van der Waals surface area contributed by atoms with Gasteiger partial charge in [0.05, 0.1) is 19.2 Å². The molecular formula is C20H20F6N6O3. The fraction of sp³-hybridized carbons (Fsp3) is 0.400. The SMILES string of the molecule is COc1cc2nc(C)nc(NCc3nc(N)cc(C(F)(F)F)n3)c2cc1OCC(OC)C(F)(F)F. The number of alkyl halides is 6. The van der Waals surface area contributed by atoms with Crippen molar-refractivity contribution in [1.82, 2.24) is 19.9 Å². The molecule has 0 spiro atoms. The van der Waals surface area contributed by atoms with Crippen LogP contribution >= 0.6 is 0 Å². The number of nitrogens with two attached hydrogens (primary N) is 1. The van der Waals surface area contributed by atoms with E-state index < -0.39 is 30.8 Å². The van der Waals surface area contributed by atoms with E-state index in [9.17, 15) is 26.3 Å². The Labute approximate surface area is 194 Å². The van der Waals surface area contributed by atoms with Gasteiger partial charge in [-0.05, 0) is 13.0 Å². The molecular weight excluding hydrogens is 486 g/mol. The van der Waals surface area contributed by atoms with Gasteiger partial charge in [-0.2, -0.15) is 26.3 Å². The summed E-state index contributed by atoms with van der Waals surface area (Å²) in [6, 6.07) is 3.39. The number of halogens is 6. The molecule has 35 heavy (non-hydrogen) atoms. The van der Waals surface area contributed by atoms with E-state index in [4.69, 9.17) is 15.2 Å². The Hall–Kier alpha value is -3.62. The van der Waals surface area contributed by atoms with Gasteiger partial charge in [-0.1, -0.05) is 0 Å². The minimum Gasteiger partial charge on any atom is -0.493 e. The van der Waals surface area contributed by atoms with Crippen LogP contribution in [-0.4, -0.2) is 53.0 Å². The van der Waals surface area contributed by atoms with E-state index in [-0.39, 0.29) is 35.5 Å². The number of aromatic nitrogens is 4. The topological polar surface area (TPSA) is 117 Å². The number of nitrogen functional groups attached to an aromatic ring is 1. The second-order valence-corrected chi connectivity index (χ2v) is 7.16. The van der Waals surface area contributed by atoms with Crippen molar-refractivity contribution >= 4 is 22.5 Å². The first kappa shape index (κ1) is 26.0. The van der Waals surface area contributed by atoms with E-state index in [1.54, 1.807) is 6.92 Å². The van der Waals surface area contributed by atoms with Crippen molar-refractivity contribution in [2.45, 2.75) is 31.9 Å². The molecule has 0 radical (unpaired) electrons. The summed E-state index contributed by atoms with van der Waals surface area (Å²) in [5.74, 6) is -0.116. The molecule has 1 aromatic carbocycles. The maximum Gasteiger partial charge on any atom is 0.433 e. The highest BCUT2D eigenvalue weighted by Crippen LogP contribution is 2.35. The van der Waals surface area contributed by atoms with Crippen LogP contribution in [0.25, 0.3) is 10.9 Å². The Balaban J connectivity index is 1.94. The van der Waals surface area contributed by atoms with Crippen LogP contribution in [0.5, 0.6) is 11.5 Å². The molecule has 3 aromatic rings. The minimum atomic E-state index is -4.72. The summed E-state index contributed by atoms with van der Waals surface area (Å²) in [6.45, 7) is 0.434. The Bertz CT molecular complexity index is 1200. The van der Waals surface area contributed by atoms with Gasteiger partial charge in [0.1, 0.15) is 35.6 Å². The molecule has 0 saturated heterocycles. The predicted octanol–water partition coefficient (Wildman–Crippen LogP) is 3.91. The number of ether oxygens (including phenoxy) is 3. The Morgan fingerprint density at radius 3 is 2.29 bits per heavy atom. The lowest BCUT2D eigenvalue weighted by Crippen LogP contribution is -2.36. The van der Waals surface area contributed by atoms with Gasteiger partial charge >= 0.3 is 12.4 Å². The molecule has 0 aliphatic rings. The molecule has 0 fully saturated rings. The molecule has 0 aliphatic carbocycles. The van der Waals surface area contributed by atoms with E-state index in [0.29, 0.717) is 22.8 Å². The van der Waals surface area contributed by atoms with Crippen LogP contribution in [0.2, 0.25) is 0 Å². The zero-order chi connectivity index (χ0) is 26.0. The number of aryl methyl sites for hydroxylation is 1. The average Bonchev–Trinajstić information content (AvgIpc) is 2.75. The van der Waals surface area contributed by atoms with Gasteiger partial charge in [0.2, 0.25) is 0 Å². The maximum atomic E-state index is 13.0. The van der Waals surface area contributed by atoms with E-state index in [0.717, 1.165) is 7.11 Å². The van der Waals surface area contributed by atoms with Crippen LogP contribution in [0, 0.1) is 6.92 Å². The van der Waals surface area contributed by atoms with Gasteiger partial charge in [0.15, 0.2) is 17.6 Å². The minimum absolute atomic E-state index is 0.0543. The fourth-order valence-electron chi connectivity index (χ4n) is 3.03. The Morgan fingerprint density at radius 1 is 0.971 bits per heavy atom. The van der Waals surface area contributed by atoms with Crippen LogP contribution in [0.4, 0.5) is 38.0 Å². The normalized spacial score (nSPS) is 13.1. The number of rotatable bonds is 8. The smallest absolute Gasteiger partial charge is 0.433 e. The van der Waals surface area contributed by atoms with E-state index >= 15 is 0 Å². The molecule has 190 valence electrons. The first-order valence-corrected chi connectivity index (χ1v) is 9.85. The molecule has 3 N–H and O–H groups in total. The highest BCUT2D eigenvalue weighted by atomic mass is 19.4. The molecule has 3 rings (SSSR count). The first-order valence-electron chi connectivity index (χ1n) is 9.85. The number of nitrogens with zero attached hydrogens (tertiary/aromatic N) is 4. The van der Waals surface area contributed by atoms with E-state index in [1.807, 2.05) is 0 Å². The van der Waals surface area contributed by atoms with Crippen LogP contribution in [0.1, 0.15) is 17.3 Å². The van der Waals surface area contributed by atoms with Crippen LogP contribution in [0.15, 0.2) is 18.2 Å². The van der Waals surface area contributed by atoms with Crippen molar-refractivity contribution in [3.8, 4) is 11.5 Å². The second kappa shape index (κ2) is 9.93. The summed E-state index contributed by atoms with van der Waals surface area (Å²) >= 11 is 0. The quantitative estimate of drug-likeness (QED) is 0.439. The molecule has 0 bridgehead atoms. The highest BCUT2D eigenvalue weighted by molar-refractivity contribution is 5.91. The van der Waals surface area contributed by atoms with Crippen molar-refractivity contribution in [2.75, 3.05) is 31.9 Å². The van der Waals surface area contributed by atoms with E-state index in [2.05, 4.69) is 30.0 Å². The summed E-state index contributed by atoms with van der Waals surface area (Å²) in [6.07, 6.45) is -11.6. The molecule has 1 unspecified atom stereocenters. The predicted molar refractivity (Wildman–Crippen MR) is 112 cm³/mol. The molecule has 0 aliphatic heterocycles. The van der Waals surface area contributed by atoms with Crippen molar-refractivity contribution in [2.24, 2.45) is 0 Å². The van der Waals surface area contributed by atoms with E-state index in [1.165, 1.54) is 19.2 Å². The molecule has 1 atom stereocenters. The number of anilines is 2. The lowest BCUT2D eigenvalue weighted by Gasteiger charge is -2.20. The summed E-state index contributed by atoms with van der Waals surface area (Å²) in [7, 11) is 2.20. The number of methoxy groups -OCH3 is 2. The largest absolute Gasteiger partial charge is 0.493 e. The Morgan fingerprint density at radius 2 is 1.69 bits per heavy atom. The average molecular weight is 506 g/mol. The zero-order valence-electron chi connectivity index (χ0n) is 18.6. The monoisotopic (exact) mass is 506 g/mol. The van der Waals surface area contributed by atoms with Gasteiger partial charge in [-0.15, -0.1) is 0 Å². The van der Waals surface area contributed by atoms with Crippen LogP contribution in [0.3, 0.4) is 0 Å². The molecule has 15 heteroatoms. The zero-order valence-corrected chi connectivity index (χ0v) is 18.6. The van der Waals surface area contributed by atoms with Crippen molar-refractivity contribution in [3.05, 3.63) is 35.5 Å². The van der Waals surface area contributed by atoms with Gasteiger partial charge in [0.25, 0.3) is 0 Å². The standard InChI is InChI=1S/C20H20F6N6O3/c1-9-29-11-5-12(33-2)13(35-8-15(34-3)20(24,25)26)4-10(11)18(30-9)28-7-17-31-14(19(21,22)23)6-16(27)32-17/h4-6,15H,7-8H2,1-3H3,(H2,27,31,32)(H,28,29,30). The lowest BCUT2D eigenvalue weighted by molar-refractivity contribution is -0.219.